The van der Waals surface area contributed by atoms with Crippen LogP contribution in [0.25, 0.3) is 0 Å². The van der Waals surface area contributed by atoms with Crippen LogP contribution >= 0.6 is 0 Å². The van der Waals surface area contributed by atoms with Crippen molar-refractivity contribution in [3.8, 4) is 0 Å². The van der Waals surface area contributed by atoms with E-state index < -0.39 is 0 Å². The van der Waals surface area contributed by atoms with E-state index in [1.807, 2.05) is 4.90 Å². The summed E-state index contributed by atoms with van der Waals surface area (Å²) in [7, 11) is 0. The van der Waals surface area contributed by atoms with E-state index in [4.69, 9.17) is 4.74 Å². The molecule has 1 amide bonds. The molecule has 3 rings (SSSR count). The van der Waals surface area contributed by atoms with Crippen LogP contribution in [0, 0.1) is 0 Å². The summed E-state index contributed by atoms with van der Waals surface area (Å²) in [6, 6.07) is 0.704. The van der Waals surface area contributed by atoms with Crippen LogP contribution in [0.15, 0.2) is 0 Å². The molecule has 5 heteroatoms. The number of rotatable bonds is 2. The van der Waals surface area contributed by atoms with Gasteiger partial charge in [0, 0.05) is 51.9 Å². The average molecular weight is 239 g/mol. The maximum Gasteiger partial charge on any atom is 0.251 e. The zero-order chi connectivity index (χ0) is 11.7. The van der Waals surface area contributed by atoms with E-state index in [2.05, 4.69) is 10.2 Å². The molecule has 3 saturated heterocycles. The quantitative estimate of drug-likeness (QED) is 0.691. The van der Waals surface area contributed by atoms with Gasteiger partial charge in [-0.1, -0.05) is 0 Å². The Bertz CT molecular complexity index is 279. The SMILES string of the molecule is O=C([C@@H]1CCCO1)N1CCN(C2CNC2)CC1. The Kier molecular flexibility index (Phi) is 3.31. The Labute approximate surface area is 102 Å². The third-order valence-electron chi connectivity index (χ3n) is 4.11. The first-order chi connectivity index (χ1) is 8.34. The van der Waals surface area contributed by atoms with Crippen molar-refractivity contribution in [2.45, 2.75) is 25.0 Å². The van der Waals surface area contributed by atoms with Gasteiger partial charge in [-0.05, 0) is 12.8 Å². The minimum Gasteiger partial charge on any atom is -0.368 e. The van der Waals surface area contributed by atoms with Gasteiger partial charge in [-0.15, -0.1) is 0 Å². The Balaban J connectivity index is 1.48. The molecule has 0 bridgehead atoms. The third-order valence-corrected chi connectivity index (χ3v) is 4.11. The number of piperazine rings is 1. The summed E-state index contributed by atoms with van der Waals surface area (Å²) in [5.41, 5.74) is 0. The number of carbonyl (C=O) groups excluding carboxylic acids is 1. The van der Waals surface area contributed by atoms with Crippen LogP contribution in [0.2, 0.25) is 0 Å². The minimum absolute atomic E-state index is 0.146. The zero-order valence-corrected chi connectivity index (χ0v) is 10.2. The van der Waals surface area contributed by atoms with Gasteiger partial charge in [0.25, 0.3) is 5.91 Å². The van der Waals surface area contributed by atoms with Crippen molar-refractivity contribution in [1.29, 1.82) is 0 Å². The lowest BCUT2D eigenvalue weighted by molar-refractivity contribution is -0.143. The molecule has 0 unspecified atom stereocenters. The Morgan fingerprint density at radius 3 is 2.47 bits per heavy atom. The first-order valence-electron chi connectivity index (χ1n) is 6.70. The second kappa shape index (κ2) is 4.92. The van der Waals surface area contributed by atoms with Crippen molar-refractivity contribution in [2.75, 3.05) is 45.9 Å². The first kappa shape index (κ1) is 11.4. The van der Waals surface area contributed by atoms with Crippen LogP contribution in [0.5, 0.6) is 0 Å². The highest BCUT2D eigenvalue weighted by Crippen LogP contribution is 2.17. The van der Waals surface area contributed by atoms with Crippen molar-refractivity contribution in [3.05, 3.63) is 0 Å². The molecule has 0 saturated carbocycles. The number of nitrogens with zero attached hydrogens (tertiary/aromatic N) is 2. The van der Waals surface area contributed by atoms with Crippen LogP contribution < -0.4 is 5.32 Å². The monoisotopic (exact) mass is 239 g/mol. The van der Waals surface area contributed by atoms with Crippen molar-refractivity contribution < 1.29 is 9.53 Å². The molecular weight excluding hydrogens is 218 g/mol. The van der Waals surface area contributed by atoms with Gasteiger partial charge in [-0.25, -0.2) is 0 Å². The number of hydrogen-bond acceptors (Lipinski definition) is 4. The van der Waals surface area contributed by atoms with Gasteiger partial charge in [0.15, 0.2) is 0 Å². The van der Waals surface area contributed by atoms with Gasteiger partial charge >= 0.3 is 0 Å². The van der Waals surface area contributed by atoms with E-state index in [9.17, 15) is 4.79 Å². The number of ether oxygens (including phenoxy) is 1. The lowest BCUT2D eigenvalue weighted by atomic mass is 10.1. The first-order valence-corrected chi connectivity index (χ1v) is 6.70. The highest BCUT2D eigenvalue weighted by molar-refractivity contribution is 5.81. The smallest absolute Gasteiger partial charge is 0.251 e. The Morgan fingerprint density at radius 2 is 1.94 bits per heavy atom. The van der Waals surface area contributed by atoms with E-state index in [1.165, 1.54) is 0 Å². The highest BCUT2D eigenvalue weighted by atomic mass is 16.5. The van der Waals surface area contributed by atoms with Crippen LogP contribution in [-0.4, -0.2) is 73.7 Å². The zero-order valence-electron chi connectivity index (χ0n) is 10.2. The molecule has 17 heavy (non-hydrogen) atoms. The molecule has 1 N–H and O–H groups in total. The van der Waals surface area contributed by atoms with Crippen LogP contribution in [0.4, 0.5) is 0 Å². The highest BCUT2D eigenvalue weighted by Gasteiger charge is 2.33. The van der Waals surface area contributed by atoms with Gasteiger partial charge in [-0.2, -0.15) is 0 Å². The van der Waals surface area contributed by atoms with E-state index >= 15 is 0 Å². The molecular formula is C12H21N3O2. The molecule has 0 aromatic heterocycles. The standard InChI is InChI=1S/C12H21N3O2/c16-12(11-2-1-7-17-11)15-5-3-14(4-6-15)10-8-13-9-10/h10-11,13H,1-9H2/t11-/m0/s1. The predicted octanol–water partition coefficient (Wildman–Crippen LogP) is -0.719. The summed E-state index contributed by atoms with van der Waals surface area (Å²) in [5.74, 6) is 0.217. The molecule has 96 valence electrons. The molecule has 0 aliphatic carbocycles. The van der Waals surface area contributed by atoms with Crippen LogP contribution in [-0.2, 0) is 9.53 Å². The van der Waals surface area contributed by atoms with Gasteiger partial charge in [0.05, 0.1) is 0 Å². The van der Waals surface area contributed by atoms with Gasteiger partial charge in [0.2, 0.25) is 0 Å². The molecule has 0 aromatic carbocycles. The van der Waals surface area contributed by atoms with E-state index in [1.54, 1.807) is 0 Å². The van der Waals surface area contributed by atoms with Gasteiger partial charge < -0.3 is 15.0 Å². The molecule has 3 heterocycles. The van der Waals surface area contributed by atoms with E-state index in [0.29, 0.717) is 6.04 Å². The second-order valence-electron chi connectivity index (χ2n) is 5.17. The Hall–Kier alpha value is -0.650. The summed E-state index contributed by atoms with van der Waals surface area (Å²) < 4.78 is 5.46. The van der Waals surface area contributed by atoms with Crippen molar-refractivity contribution in [3.63, 3.8) is 0 Å². The number of nitrogens with one attached hydrogen (secondary N) is 1. The van der Waals surface area contributed by atoms with Crippen molar-refractivity contribution in [2.24, 2.45) is 0 Å². The lowest BCUT2D eigenvalue weighted by Gasteiger charge is -2.43. The van der Waals surface area contributed by atoms with E-state index in [-0.39, 0.29) is 12.0 Å². The molecule has 3 aliphatic heterocycles. The maximum atomic E-state index is 12.1. The molecule has 3 fully saturated rings. The minimum atomic E-state index is -0.146. The molecule has 1 atom stereocenters. The fraction of sp³-hybridized carbons (Fsp3) is 0.917. The summed E-state index contributed by atoms with van der Waals surface area (Å²) in [5, 5.41) is 3.30. The number of amides is 1. The van der Waals surface area contributed by atoms with Crippen molar-refractivity contribution in [1.82, 2.24) is 15.1 Å². The molecule has 0 radical (unpaired) electrons. The summed E-state index contributed by atoms with van der Waals surface area (Å²) in [4.78, 5) is 16.6. The fourth-order valence-corrected chi connectivity index (χ4v) is 2.82. The number of hydrogen-bond donors (Lipinski definition) is 1. The largest absolute Gasteiger partial charge is 0.368 e. The summed E-state index contributed by atoms with van der Waals surface area (Å²) >= 11 is 0. The molecule has 0 spiro atoms. The normalized spacial score (nSPS) is 31.5. The molecule has 5 nitrogen and oxygen atoms in total. The Morgan fingerprint density at radius 1 is 1.18 bits per heavy atom. The van der Waals surface area contributed by atoms with Crippen molar-refractivity contribution >= 4 is 5.91 Å². The van der Waals surface area contributed by atoms with E-state index in [0.717, 1.165) is 58.7 Å². The topological polar surface area (TPSA) is 44.8 Å². The van der Waals surface area contributed by atoms with Gasteiger partial charge in [0.1, 0.15) is 6.10 Å². The lowest BCUT2D eigenvalue weighted by Crippen LogP contribution is -2.62. The second-order valence-corrected chi connectivity index (χ2v) is 5.17. The summed E-state index contributed by atoms with van der Waals surface area (Å²) in [6.45, 7) is 6.75. The average Bonchev–Trinajstić information content (AvgIpc) is 2.80. The van der Waals surface area contributed by atoms with Crippen LogP contribution in [0.3, 0.4) is 0 Å². The molecule has 3 aliphatic rings. The fourth-order valence-electron chi connectivity index (χ4n) is 2.82. The van der Waals surface area contributed by atoms with Crippen LogP contribution in [0.1, 0.15) is 12.8 Å². The summed E-state index contributed by atoms with van der Waals surface area (Å²) in [6.07, 6.45) is 1.79. The predicted molar refractivity (Wildman–Crippen MR) is 63.8 cm³/mol. The van der Waals surface area contributed by atoms with Gasteiger partial charge in [-0.3, -0.25) is 9.69 Å². The maximum absolute atomic E-state index is 12.1. The third kappa shape index (κ3) is 2.32. The molecule has 0 aromatic rings. The number of carbonyl (C=O) groups is 1.